The summed E-state index contributed by atoms with van der Waals surface area (Å²) in [7, 11) is 0. The quantitative estimate of drug-likeness (QED) is 0.746. The number of nitriles is 1. The van der Waals surface area contributed by atoms with Gasteiger partial charge >= 0.3 is 0 Å². The molecule has 0 bridgehead atoms. The van der Waals surface area contributed by atoms with Gasteiger partial charge in [0, 0.05) is 22.0 Å². The first-order valence-corrected chi connectivity index (χ1v) is 7.66. The monoisotopic (exact) mass is 305 g/mol. The van der Waals surface area contributed by atoms with Crippen LogP contribution in [0.1, 0.15) is 16.4 Å². The Hall–Kier alpha value is -2.84. The van der Waals surface area contributed by atoms with Crippen molar-refractivity contribution in [2.24, 2.45) is 5.73 Å². The molecule has 1 aliphatic heterocycles. The summed E-state index contributed by atoms with van der Waals surface area (Å²) in [6, 6.07) is 14.0. The fourth-order valence-electron chi connectivity index (χ4n) is 2.80. The SMILES string of the molecule is N#CC1=C(N)Oc2c(ccc3cccnc23)C1c1cccs1. The van der Waals surface area contributed by atoms with Crippen LogP contribution in [0.3, 0.4) is 0 Å². The number of hydrogen-bond donors (Lipinski definition) is 1. The molecule has 4 rings (SSSR count). The minimum atomic E-state index is -0.194. The van der Waals surface area contributed by atoms with Gasteiger partial charge in [0.05, 0.1) is 5.92 Å². The van der Waals surface area contributed by atoms with Crippen molar-refractivity contribution >= 4 is 22.2 Å². The molecule has 0 radical (unpaired) electrons. The first kappa shape index (κ1) is 12.9. The Morgan fingerprint density at radius 1 is 1.23 bits per heavy atom. The molecule has 1 aliphatic rings. The number of allylic oxidation sites excluding steroid dienone is 1. The molecular weight excluding hydrogens is 294 g/mol. The van der Waals surface area contributed by atoms with E-state index < -0.39 is 0 Å². The van der Waals surface area contributed by atoms with Gasteiger partial charge < -0.3 is 10.5 Å². The lowest BCUT2D eigenvalue weighted by Crippen LogP contribution is -2.20. The number of rotatable bonds is 1. The van der Waals surface area contributed by atoms with Crippen molar-refractivity contribution in [1.82, 2.24) is 4.98 Å². The van der Waals surface area contributed by atoms with Crippen molar-refractivity contribution in [3.63, 3.8) is 0 Å². The third kappa shape index (κ3) is 1.78. The summed E-state index contributed by atoms with van der Waals surface area (Å²) >= 11 is 1.60. The van der Waals surface area contributed by atoms with Crippen LogP contribution in [0.2, 0.25) is 0 Å². The van der Waals surface area contributed by atoms with Crippen molar-refractivity contribution in [2.75, 3.05) is 0 Å². The molecule has 1 unspecified atom stereocenters. The van der Waals surface area contributed by atoms with E-state index in [9.17, 15) is 5.26 Å². The molecule has 2 aromatic heterocycles. The third-order valence-corrected chi connectivity index (χ3v) is 4.72. The highest BCUT2D eigenvalue weighted by atomic mass is 32.1. The summed E-state index contributed by atoms with van der Waals surface area (Å²) < 4.78 is 5.75. The van der Waals surface area contributed by atoms with Gasteiger partial charge in [-0.1, -0.05) is 24.3 Å². The fourth-order valence-corrected chi connectivity index (χ4v) is 3.65. The van der Waals surface area contributed by atoms with Crippen LogP contribution >= 0.6 is 11.3 Å². The van der Waals surface area contributed by atoms with Crippen LogP contribution in [-0.2, 0) is 0 Å². The Bertz CT molecular complexity index is 938. The van der Waals surface area contributed by atoms with Crippen LogP contribution < -0.4 is 10.5 Å². The van der Waals surface area contributed by atoms with E-state index in [0.29, 0.717) is 11.3 Å². The number of nitrogens with zero attached hydrogens (tertiary/aromatic N) is 2. The van der Waals surface area contributed by atoms with E-state index in [0.717, 1.165) is 21.3 Å². The maximum absolute atomic E-state index is 9.49. The molecule has 1 atom stereocenters. The van der Waals surface area contributed by atoms with Gasteiger partial charge in [0.15, 0.2) is 5.75 Å². The molecular formula is C17H11N3OS. The summed E-state index contributed by atoms with van der Waals surface area (Å²) in [6.45, 7) is 0. The van der Waals surface area contributed by atoms with Crippen LogP contribution in [0.15, 0.2) is 59.4 Å². The highest BCUT2D eigenvalue weighted by Crippen LogP contribution is 2.45. The minimum Gasteiger partial charge on any atom is -0.438 e. The summed E-state index contributed by atoms with van der Waals surface area (Å²) in [6.07, 6.45) is 1.73. The second-order valence-corrected chi connectivity index (χ2v) is 5.98. The Balaban J connectivity index is 2.04. The van der Waals surface area contributed by atoms with Gasteiger partial charge in [0.25, 0.3) is 0 Å². The predicted octanol–water partition coefficient (Wildman–Crippen LogP) is 3.51. The Morgan fingerprint density at radius 2 is 2.14 bits per heavy atom. The summed E-state index contributed by atoms with van der Waals surface area (Å²) in [5.74, 6) is 0.611. The van der Waals surface area contributed by atoms with Crippen molar-refractivity contribution in [3.05, 3.63) is 69.9 Å². The van der Waals surface area contributed by atoms with Crippen LogP contribution in [-0.4, -0.2) is 4.98 Å². The first-order chi connectivity index (χ1) is 10.8. The van der Waals surface area contributed by atoms with Gasteiger partial charge in [-0.25, -0.2) is 0 Å². The maximum Gasteiger partial charge on any atom is 0.205 e. The van der Waals surface area contributed by atoms with E-state index in [1.54, 1.807) is 17.5 Å². The van der Waals surface area contributed by atoms with Crippen LogP contribution in [0.5, 0.6) is 5.75 Å². The van der Waals surface area contributed by atoms with E-state index in [2.05, 4.69) is 11.1 Å². The Kier molecular flexibility index (Phi) is 2.84. The molecule has 0 saturated carbocycles. The van der Waals surface area contributed by atoms with Crippen molar-refractivity contribution in [1.29, 1.82) is 5.26 Å². The lowest BCUT2D eigenvalue weighted by Gasteiger charge is -2.26. The summed E-state index contributed by atoms with van der Waals surface area (Å²) in [5, 5.41) is 12.5. The molecule has 3 aromatic rings. The number of pyridine rings is 1. The molecule has 0 fully saturated rings. The van der Waals surface area contributed by atoms with Gasteiger partial charge in [-0.05, 0) is 17.5 Å². The van der Waals surface area contributed by atoms with Crippen LogP contribution in [0.4, 0.5) is 0 Å². The Morgan fingerprint density at radius 3 is 2.91 bits per heavy atom. The minimum absolute atomic E-state index is 0.159. The Labute approximate surface area is 131 Å². The van der Waals surface area contributed by atoms with Crippen LogP contribution in [0, 0.1) is 11.3 Å². The van der Waals surface area contributed by atoms with E-state index in [1.165, 1.54) is 0 Å². The third-order valence-electron chi connectivity index (χ3n) is 3.78. The molecule has 4 nitrogen and oxygen atoms in total. The number of hydrogen-bond acceptors (Lipinski definition) is 5. The fraction of sp³-hybridized carbons (Fsp3) is 0.0588. The van der Waals surface area contributed by atoms with Crippen molar-refractivity contribution in [3.8, 4) is 11.8 Å². The standard InChI is InChI=1S/C17H11N3OS/c18-9-12-14(13-4-2-8-22-13)11-6-5-10-3-1-7-20-15(10)16(11)21-17(12)19/h1-8,14H,19H2. The topological polar surface area (TPSA) is 71.9 Å². The molecule has 5 heteroatoms. The van der Waals surface area contributed by atoms with Gasteiger partial charge in [0.2, 0.25) is 5.88 Å². The zero-order valence-corrected chi connectivity index (χ0v) is 12.3. The molecule has 106 valence electrons. The van der Waals surface area contributed by atoms with Gasteiger partial charge in [-0.2, -0.15) is 5.26 Å². The molecule has 0 saturated heterocycles. The molecule has 1 aromatic carbocycles. The predicted molar refractivity (Wildman–Crippen MR) is 85.4 cm³/mol. The molecule has 3 heterocycles. The second kappa shape index (κ2) is 4.86. The normalized spacial score (nSPS) is 17.0. The van der Waals surface area contributed by atoms with E-state index in [4.69, 9.17) is 10.5 Å². The van der Waals surface area contributed by atoms with E-state index in [1.807, 2.05) is 41.8 Å². The zero-order chi connectivity index (χ0) is 15.1. The molecule has 22 heavy (non-hydrogen) atoms. The van der Waals surface area contributed by atoms with Crippen molar-refractivity contribution in [2.45, 2.75) is 5.92 Å². The zero-order valence-electron chi connectivity index (χ0n) is 11.5. The van der Waals surface area contributed by atoms with E-state index >= 15 is 0 Å². The number of fused-ring (bicyclic) bond motifs is 3. The summed E-state index contributed by atoms with van der Waals surface area (Å²) in [5.41, 5.74) is 8.15. The molecule has 0 aliphatic carbocycles. The van der Waals surface area contributed by atoms with Gasteiger partial charge in [-0.15, -0.1) is 11.3 Å². The number of thiophene rings is 1. The van der Waals surface area contributed by atoms with Crippen molar-refractivity contribution < 1.29 is 4.74 Å². The molecule has 0 spiro atoms. The number of nitrogens with two attached hydrogens (primary N) is 1. The second-order valence-electron chi connectivity index (χ2n) is 5.00. The number of benzene rings is 1. The smallest absolute Gasteiger partial charge is 0.205 e. The van der Waals surface area contributed by atoms with E-state index in [-0.39, 0.29) is 11.8 Å². The first-order valence-electron chi connectivity index (χ1n) is 6.78. The highest BCUT2D eigenvalue weighted by molar-refractivity contribution is 7.10. The van der Waals surface area contributed by atoms with Crippen LogP contribution in [0.25, 0.3) is 10.9 Å². The lowest BCUT2D eigenvalue weighted by atomic mass is 9.87. The lowest BCUT2D eigenvalue weighted by molar-refractivity contribution is 0.398. The molecule has 0 amide bonds. The highest BCUT2D eigenvalue weighted by Gasteiger charge is 2.32. The molecule has 2 N–H and O–H groups in total. The van der Waals surface area contributed by atoms with Gasteiger partial charge in [-0.3, -0.25) is 4.98 Å². The number of ether oxygens (including phenoxy) is 1. The maximum atomic E-state index is 9.49. The number of aromatic nitrogens is 1. The largest absolute Gasteiger partial charge is 0.438 e. The van der Waals surface area contributed by atoms with Gasteiger partial charge in [0.1, 0.15) is 17.2 Å². The average Bonchev–Trinajstić information content (AvgIpc) is 3.07. The summed E-state index contributed by atoms with van der Waals surface area (Å²) in [4.78, 5) is 5.48. The average molecular weight is 305 g/mol.